The lowest BCUT2D eigenvalue weighted by Gasteiger charge is -2.21. The highest BCUT2D eigenvalue weighted by atomic mass is 32.2. The standard InChI is InChI=1S/C13H17N3O4S/c14-12-6-5-11(7-13(12)16(17)18)21(19,20)15(10-3-4-10)8-9-1-2-9/h5-7,9-10H,1-4,8,14H2. The molecule has 21 heavy (non-hydrogen) atoms. The van der Waals surface area contributed by atoms with Crippen LogP contribution in [0, 0.1) is 16.0 Å². The lowest BCUT2D eigenvalue weighted by Crippen LogP contribution is -2.35. The molecule has 7 nitrogen and oxygen atoms in total. The molecule has 2 N–H and O–H groups in total. The molecule has 0 spiro atoms. The van der Waals surface area contributed by atoms with Crippen molar-refractivity contribution >= 4 is 21.4 Å². The molecule has 0 saturated heterocycles. The van der Waals surface area contributed by atoms with Crippen LogP contribution in [0.1, 0.15) is 25.7 Å². The van der Waals surface area contributed by atoms with E-state index in [1.165, 1.54) is 16.4 Å². The van der Waals surface area contributed by atoms with Gasteiger partial charge in [0, 0.05) is 18.7 Å². The molecule has 0 aromatic heterocycles. The summed E-state index contributed by atoms with van der Waals surface area (Å²) < 4.78 is 27.0. The van der Waals surface area contributed by atoms with Crippen LogP contribution in [0.4, 0.5) is 11.4 Å². The van der Waals surface area contributed by atoms with Crippen molar-refractivity contribution in [2.75, 3.05) is 12.3 Å². The van der Waals surface area contributed by atoms with E-state index in [4.69, 9.17) is 5.73 Å². The maximum atomic E-state index is 12.7. The average molecular weight is 311 g/mol. The molecule has 0 heterocycles. The Bertz CT molecular complexity index is 681. The minimum Gasteiger partial charge on any atom is -0.393 e. The smallest absolute Gasteiger partial charge is 0.293 e. The summed E-state index contributed by atoms with van der Waals surface area (Å²) in [4.78, 5) is 10.2. The molecule has 1 aromatic rings. The van der Waals surface area contributed by atoms with Crippen LogP contribution < -0.4 is 5.73 Å². The largest absolute Gasteiger partial charge is 0.393 e. The molecule has 2 aliphatic carbocycles. The molecular weight excluding hydrogens is 294 g/mol. The van der Waals surface area contributed by atoms with Gasteiger partial charge in [-0.3, -0.25) is 10.1 Å². The van der Waals surface area contributed by atoms with Gasteiger partial charge in [0.05, 0.1) is 9.82 Å². The van der Waals surface area contributed by atoms with E-state index in [-0.39, 0.29) is 22.3 Å². The van der Waals surface area contributed by atoms with E-state index >= 15 is 0 Å². The van der Waals surface area contributed by atoms with Crippen molar-refractivity contribution in [1.29, 1.82) is 0 Å². The molecular formula is C13H17N3O4S. The number of nitro groups is 1. The van der Waals surface area contributed by atoms with Gasteiger partial charge in [-0.05, 0) is 43.7 Å². The first-order valence-electron chi connectivity index (χ1n) is 6.95. The number of hydrogen-bond acceptors (Lipinski definition) is 5. The highest BCUT2D eigenvalue weighted by Crippen LogP contribution is 2.38. The maximum absolute atomic E-state index is 12.7. The van der Waals surface area contributed by atoms with E-state index in [1.807, 2.05) is 0 Å². The predicted molar refractivity (Wildman–Crippen MR) is 77.1 cm³/mol. The summed E-state index contributed by atoms with van der Waals surface area (Å²) >= 11 is 0. The van der Waals surface area contributed by atoms with Gasteiger partial charge in [0.25, 0.3) is 5.69 Å². The second-order valence-electron chi connectivity index (χ2n) is 5.73. The molecule has 1 aromatic carbocycles. The van der Waals surface area contributed by atoms with Gasteiger partial charge in [-0.25, -0.2) is 8.42 Å². The van der Waals surface area contributed by atoms with Gasteiger partial charge in [-0.2, -0.15) is 4.31 Å². The van der Waals surface area contributed by atoms with Crippen LogP contribution in [0.15, 0.2) is 23.1 Å². The van der Waals surface area contributed by atoms with Crippen molar-refractivity contribution in [3.8, 4) is 0 Å². The van der Waals surface area contributed by atoms with Gasteiger partial charge in [0.2, 0.25) is 10.0 Å². The third-order valence-corrected chi connectivity index (χ3v) is 5.81. The van der Waals surface area contributed by atoms with Crippen LogP contribution in [0.25, 0.3) is 0 Å². The topological polar surface area (TPSA) is 107 Å². The zero-order valence-electron chi connectivity index (χ0n) is 11.4. The highest BCUT2D eigenvalue weighted by molar-refractivity contribution is 7.89. The molecule has 0 unspecified atom stereocenters. The number of hydrogen-bond donors (Lipinski definition) is 1. The lowest BCUT2D eigenvalue weighted by atomic mass is 10.3. The van der Waals surface area contributed by atoms with Gasteiger partial charge in [0.15, 0.2) is 0 Å². The number of nitro benzene ring substituents is 1. The summed E-state index contributed by atoms with van der Waals surface area (Å²) in [5, 5.41) is 10.9. The predicted octanol–water partition coefficient (Wildman–Crippen LogP) is 1.74. The van der Waals surface area contributed by atoms with E-state index in [2.05, 4.69) is 0 Å². The van der Waals surface area contributed by atoms with E-state index < -0.39 is 14.9 Å². The van der Waals surface area contributed by atoms with Crippen molar-refractivity contribution in [2.24, 2.45) is 5.92 Å². The highest BCUT2D eigenvalue weighted by Gasteiger charge is 2.41. The molecule has 2 saturated carbocycles. The Balaban J connectivity index is 1.96. The SMILES string of the molecule is Nc1ccc(S(=O)(=O)N(CC2CC2)C2CC2)cc1[N+](=O)[O-]. The lowest BCUT2D eigenvalue weighted by molar-refractivity contribution is -0.384. The number of rotatable bonds is 6. The fourth-order valence-electron chi connectivity index (χ4n) is 2.34. The van der Waals surface area contributed by atoms with E-state index in [0.29, 0.717) is 12.5 Å². The second-order valence-corrected chi connectivity index (χ2v) is 7.62. The number of anilines is 1. The van der Waals surface area contributed by atoms with Crippen molar-refractivity contribution in [3.05, 3.63) is 28.3 Å². The number of nitrogens with two attached hydrogens (primary N) is 1. The summed E-state index contributed by atoms with van der Waals surface area (Å²) in [6.07, 6.45) is 3.84. The fourth-order valence-corrected chi connectivity index (χ4v) is 4.12. The minimum atomic E-state index is -3.69. The van der Waals surface area contributed by atoms with Crippen LogP contribution in [0.3, 0.4) is 0 Å². The second kappa shape index (κ2) is 4.96. The van der Waals surface area contributed by atoms with Crippen molar-refractivity contribution in [2.45, 2.75) is 36.6 Å². The Morgan fingerprint density at radius 1 is 1.29 bits per heavy atom. The van der Waals surface area contributed by atoms with Crippen LogP contribution >= 0.6 is 0 Å². The Labute approximate surface area is 122 Å². The molecule has 0 atom stereocenters. The molecule has 2 fully saturated rings. The quantitative estimate of drug-likeness (QED) is 0.489. The summed E-state index contributed by atoms with van der Waals surface area (Å²) in [6.45, 7) is 0.519. The third-order valence-electron chi connectivity index (χ3n) is 3.89. The molecule has 0 bridgehead atoms. The van der Waals surface area contributed by atoms with Crippen LogP contribution in [-0.4, -0.2) is 30.2 Å². The summed E-state index contributed by atoms with van der Waals surface area (Å²) in [7, 11) is -3.69. The molecule has 8 heteroatoms. The first-order valence-corrected chi connectivity index (χ1v) is 8.39. The van der Waals surface area contributed by atoms with Crippen molar-refractivity contribution < 1.29 is 13.3 Å². The fraction of sp³-hybridized carbons (Fsp3) is 0.538. The molecule has 2 aliphatic rings. The number of nitrogen functional groups attached to an aromatic ring is 1. The Morgan fingerprint density at radius 3 is 2.48 bits per heavy atom. The number of benzene rings is 1. The van der Waals surface area contributed by atoms with Gasteiger partial charge in [-0.1, -0.05) is 0 Å². The molecule has 3 rings (SSSR count). The van der Waals surface area contributed by atoms with E-state index in [0.717, 1.165) is 31.7 Å². The zero-order valence-corrected chi connectivity index (χ0v) is 12.3. The normalized spacial score (nSPS) is 18.9. The van der Waals surface area contributed by atoms with Crippen LogP contribution in [0.5, 0.6) is 0 Å². The average Bonchev–Trinajstić information content (AvgIpc) is 3.28. The van der Waals surface area contributed by atoms with E-state index in [1.54, 1.807) is 0 Å². The number of sulfonamides is 1. The van der Waals surface area contributed by atoms with Crippen molar-refractivity contribution in [1.82, 2.24) is 4.31 Å². The first kappa shape index (κ1) is 14.3. The van der Waals surface area contributed by atoms with Gasteiger partial charge in [-0.15, -0.1) is 0 Å². The molecule has 114 valence electrons. The Hall–Kier alpha value is -1.67. The third kappa shape index (κ3) is 2.86. The molecule has 0 radical (unpaired) electrons. The zero-order chi connectivity index (χ0) is 15.2. The summed E-state index contributed by atoms with van der Waals surface area (Å²) in [5.74, 6) is 0.434. The summed E-state index contributed by atoms with van der Waals surface area (Å²) in [5.41, 5.74) is 5.13. The van der Waals surface area contributed by atoms with E-state index in [9.17, 15) is 18.5 Å². The van der Waals surface area contributed by atoms with Crippen LogP contribution in [-0.2, 0) is 10.0 Å². The van der Waals surface area contributed by atoms with Gasteiger partial charge < -0.3 is 5.73 Å². The Kier molecular flexibility index (Phi) is 3.37. The summed E-state index contributed by atoms with van der Waals surface area (Å²) in [6, 6.07) is 3.74. The molecule has 0 amide bonds. The monoisotopic (exact) mass is 311 g/mol. The van der Waals surface area contributed by atoms with Crippen LogP contribution in [0.2, 0.25) is 0 Å². The minimum absolute atomic E-state index is 0.0286. The Morgan fingerprint density at radius 2 is 1.95 bits per heavy atom. The first-order chi connectivity index (χ1) is 9.89. The molecule has 0 aliphatic heterocycles. The van der Waals surface area contributed by atoms with Gasteiger partial charge >= 0.3 is 0 Å². The number of nitrogens with zero attached hydrogens (tertiary/aromatic N) is 2. The van der Waals surface area contributed by atoms with Gasteiger partial charge in [0.1, 0.15) is 5.69 Å². The van der Waals surface area contributed by atoms with Crippen molar-refractivity contribution in [3.63, 3.8) is 0 Å². The maximum Gasteiger partial charge on any atom is 0.293 e.